The highest BCUT2D eigenvalue weighted by atomic mass is 35.5. The van der Waals surface area contributed by atoms with Gasteiger partial charge in [0.05, 0.1) is 33.5 Å². The second-order valence-electron chi connectivity index (χ2n) is 10.3. The number of aromatic nitrogens is 2. The highest BCUT2D eigenvalue weighted by Crippen LogP contribution is 2.37. The van der Waals surface area contributed by atoms with Crippen molar-refractivity contribution in [1.82, 2.24) is 25.9 Å². The average molecular weight is 523 g/mol. The van der Waals surface area contributed by atoms with Crippen molar-refractivity contribution in [3.8, 4) is 6.07 Å². The fraction of sp³-hybridized carbons (Fsp3) is 0.346. The number of hydrogen-bond donors (Lipinski definition) is 4. The van der Waals surface area contributed by atoms with E-state index in [2.05, 4.69) is 69.6 Å². The summed E-state index contributed by atoms with van der Waals surface area (Å²) in [5, 5.41) is 20.6. The minimum Gasteiger partial charge on any atom is -0.383 e. The van der Waals surface area contributed by atoms with E-state index in [1.54, 1.807) is 12.4 Å². The molecule has 8 nitrogen and oxygen atoms in total. The van der Waals surface area contributed by atoms with Crippen LogP contribution in [0.25, 0.3) is 10.9 Å². The molecule has 0 amide bonds. The van der Waals surface area contributed by atoms with Crippen LogP contribution < -0.4 is 21.6 Å². The van der Waals surface area contributed by atoms with Crippen molar-refractivity contribution in [2.24, 2.45) is 5.41 Å². The first-order valence-corrected chi connectivity index (χ1v) is 12.6. The molecular formula is C26H28Cl2N8. The number of anilines is 2. The lowest BCUT2D eigenvalue weighted by atomic mass is 9.96. The second kappa shape index (κ2) is 9.66. The SMILES string of the molecule is CC(C)(C)CNc1c(C#N)cnc2c(Cl)cc(N[C@H](C3=CN(C4CC4)NN3)c3cccnc3Cl)cc12. The van der Waals surface area contributed by atoms with Gasteiger partial charge < -0.3 is 16.1 Å². The summed E-state index contributed by atoms with van der Waals surface area (Å²) in [5.74, 6) is 0. The van der Waals surface area contributed by atoms with Crippen LogP contribution in [0.4, 0.5) is 11.4 Å². The van der Waals surface area contributed by atoms with Crippen molar-refractivity contribution in [3.05, 3.63) is 69.9 Å². The third kappa shape index (κ3) is 5.14. The van der Waals surface area contributed by atoms with E-state index in [4.69, 9.17) is 23.2 Å². The Morgan fingerprint density at radius 1 is 1.25 bits per heavy atom. The number of nitriles is 1. The quantitative estimate of drug-likeness (QED) is 0.291. The Morgan fingerprint density at radius 2 is 2.06 bits per heavy atom. The van der Waals surface area contributed by atoms with Gasteiger partial charge in [-0.05, 0) is 36.5 Å². The normalized spacial score (nSPS) is 16.3. The number of hydrogen-bond acceptors (Lipinski definition) is 8. The molecule has 5 rings (SSSR count). The van der Waals surface area contributed by atoms with Gasteiger partial charge in [-0.3, -0.25) is 9.99 Å². The molecule has 186 valence electrons. The van der Waals surface area contributed by atoms with Crippen molar-refractivity contribution >= 4 is 45.5 Å². The van der Waals surface area contributed by atoms with E-state index in [0.717, 1.165) is 40.9 Å². The van der Waals surface area contributed by atoms with Crippen LogP contribution >= 0.6 is 23.2 Å². The number of pyridine rings is 2. The molecule has 1 saturated carbocycles. The standard InChI is InChI=1S/C26H28Cl2N8/c1-26(2,3)14-32-22-15(11-29)12-31-23-19(22)9-16(10-20(23)27)33-24(18-5-4-8-30-25(18)28)21-13-36(35-34-21)17-6-7-17/h4-5,8-10,12-13,17,24,33-35H,6-7,14H2,1-3H3,(H,31,32)/t24-/m0/s1. The van der Waals surface area contributed by atoms with E-state index >= 15 is 0 Å². The molecule has 10 heteroatoms. The van der Waals surface area contributed by atoms with E-state index < -0.39 is 0 Å². The summed E-state index contributed by atoms with van der Waals surface area (Å²) in [4.78, 5) is 8.75. The van der Waals surface area contributed by atoms with Crippen LogP contribution in [0, 0.1) is 16.7 Å². The molecule has 4 N–H and O–H groups in total. The minimum absolute atomic E-state index is 0.0190. The van der Waals surface area contributed by atoms with Crippen LogP contribution in [-0.4, -0.2) is 27.6 Å². The molecule has 3 aromatic rings. The molecule has 2 aromatic heterocycles. The largest absolute Gasteiger partial charge is 0.383 e. The minimum atomic E-state index is -0.325. The van der Waals surface area contributed by atoms with Crippen molar-refractivity contribution in [3.63, 3.8) is 0 Å². The summed E-state index contributed by atoms with van der Waals surface area (Å²) in [6.45, 7) is 7.10. The van der Waals surface area contributed by atoms with Gasteiger partial charge in [0.1, 0.15) is 11.2 Å². The van der Waals surface area contributed by atoms with Crippen LogP contribution in [0.5, 0.6) is 0 Å². The van der Waals surface area contributed by atoms with Gasteiger partial charge in [-0.1, -0.05) is 50.0 Å². The molecule has 1 fully saturated rings. The lowest BCUT2D eigenvalue weighted by Gasteiger charge is -2.23. The topological polar surface area (TPSA) is 101 Å². The van der Waals surface area contributed by atoms with E-state index in [1.165, 1.54) is 0 Å². The molecule has 0 spiro atoms. The molecule has 0 unspecified atom stereocenters. The van der Waals surface area contributed by atoms with Gasteiger partial charge in [0.25, 0.3) is 0 Å². The van der Waals surface area contributed by atoms with E-state index in [1.807, 2.05) is 24.3 Å². The zero-order valence-electron chi connectivity index (χ0n) is 20.4. The Morgan fingerprint density at radius 3 is 2.75 bits per heavy atom. The number of rotatable bonds is 7. The first kappa shape index (κ1) is 24.4. The molecule has 1 aromatic carbocycles. The van der Waals surface area contributed by atoms with Crippen molar-refractivity contribution < 1.29 is 0 Å². The first-order valence-electron chi connectivity index (χ1n) is 11.9. The summed E-state index contributed by atoms with van der Waals surface area (Å²) < 4.78 is 0. The lowest BCUT2D eigenvalue weighted by molar-refractivity contribution is 0.260. The maximum atomic E-state index is 9.76. The molecular weight excluding hydrogens is 495 g/mol. The summed E-state index contributed by atoms with van der Waals surface area (Å²) >= 11 is 13.2. The van der Waals surface area contributed by atoms with Crippen LogP contribution in [0.1, 0.15) is 50.8 Å². The maximum Gasteiger partial charge on any atom is 0.134 e. The number of nitrogens with one attached hydrogen (secondary N) is 4. The van der Waals surface area contributed by atoms with Gasteiger partial charge in [0.15, 0.2) is 0 Å². The third-order valence-electron chi connectivity index (χ3n) is 6.11. The number of halogens is 2. The molecule has 36 heavy (non-hydrogen) atoms. The third-order valence-corrected chi connectivity index (χ3v) is 6.71. The monoisotopic (exact) mass is 522 g/mol. The van der Waals surface area contributed by atoms with Gasteiger partial charge in [0, 0.05) is 47.8 Å². The summed E-state index contributed by atoms with van der Waals surface area (Å²) in [6.07, 6.45) is 7.61. The molecule has 1 aliphatic heterocycles. The van der Waals surface area contributed by atoms with Crippen molar-refractivity contribution in [2.75, 3.05) is 17.2 Å². The summed E-state index contributed by atoms with van der Waals surface area (Å²) in [6, 6.07) is 10.0. The van der Waals surface area contributed by atoms with Gasteiger partial charge in [-0.15, -0.1) is 5.53 Å². The zero-order chi connectivity index (χ0) is 25.4. The molecule has 0 saturated heterocycles. The molecule has 1 aliphatic carbocycles. The van der Waals surface area contributed by atoms with Gasteiger partial charge >= 0.3 is 0 Å². The predicted molar refractivity (Wildman–Crippen MR) is 144 cm³/mol. The first-order chi connectivity index (χ1) is 17.2. The van der Waals surface area contributed by atoms with Gasteiger partial charge in [0.2, 0.25) is 0 Å². The fourth-order valence-electron chi connectivity index (χ4n) is 4.11. The predicted octanol–water partition coefficient (Wildman–Crippen LogP) is 5.75. The van der Waals surface area contributed by atoms with Crippen LogP contribution in [0.15, 0.2) is 48.6 Å². The van der Waals surface area contributed by atoms with E-state index in [0.29, 0.717) is 33.8 Å². The number of nitrogens with zero attached hydrogens (tertiary/aromatic N) is 4. The van der Waals surface area contributed by atoms with Crippen LogP contribution in [-0.2, 0) is 0 Å². The Labute approximate surface area is 220 Å². The molecule has 3 heterocycles. The number of fused-ring (bicyclic) bond motifs is 1. The lowest BCUT2D eigenvalue weighted by Crippen LogP contribution is -2.38. The van der Waals surface area contributed by atoms with Crippen LogP contribution in [0.2, 0.25) is 10.2 Å². The highest BCUT2D eigenvalue weighted by Gasteiger charge is 2.33. The second-order valence-corrected chi connectivity index (χ2v) is 11.1. The number of benzene rings is 1. The van der Waals surface area contributed by atoms with Crippen LogP contribution in [0.3, 0.4) is 0 Å². The fourth-order valence-corrected chi connectivity index (χ4v) is 4.61. The molecule has 0 radical (unpaired) electrons. The summed E-state index contributed by atoms with van der Waals surface area (Å²) in [5.41, 5.74) is 10.8. The van der Waals surface area contributed by atoms with Gasteiger partial charge in [-0.25, -0.2) is 4.98 Å². The maximum absolute atomic E-state index is 9.76. The average Bonchev–Trinajstić information content (AvgIpc) is 3.57. The number of hydrazine groups is 2. The Hall–Kier alpha value is -3.25. The molecule has 2 aliphatic rings. The van der Waals surface area contributed by atoms with E-state index in [9.17, 15) is 5.26 Å². The summed E-state index contributed by atoms with van der Waals surface area (Å²) in [7, 11) is 0. The van der Waals surface area contributed by atoms with Crippen molar-refractivity contribution in [2.45, 2.75) is 45.7 Å². The van der Waals surface area contributed by atoms with Crippen molar-refractivity contribution in [1.29, 1.82) is 5.26 Å². The van der Waals surface area contributed by atoms with E-state index in [-0.39, 0.29) is 11.5 Å². The zero-order valence-corrected chi connectivity index (χ0v) is 21.9. The Balaban J connectivity index is 1.57. The molecule has 0 bridgehead atoms. The van der Waals surface area contributed by atoms with Gasteiger partial charge in [-0.2, -0.15) is 5.26 Å². The molecule has 1 atom stereocenters. The highest BCUT2D eigenvalue weighted by molar-refractivity contribution is 6.36. The smallest absolute Gasteiger partial charge is 0.134 e. The Bertz CT molecular complexity index is 1370. The Kier molecular flexibility index (Phi) is 6.56.